The zero-order chi connectivity index (χ0) is 43.9. The Morgan fingerprint density at radius 1 is 0.738 bits per heavy atom. The summed E-state index contributed by atoms with van der Waals surface area (Å²) in [6, 6.07) is -0.270. The number of nitrogens with zero attached hydrogens (tertiary/aromatic N) is 4. The quantitative estimate of drug-likeness (QED) is 0.0653. The zero-order valence-electron chi connectivity index (χ0n) is 38.2. The van der Waals surface area contributed by atoms with Crippen molar-refractivity contribution in [3.8, 4) is 0 Å². The molecule has 0 aromatic rings. The van der Waals surface area contributed by atoms with Gasteiger partial charge in [0.1, 0.15) is 58.5 Å². The molecule has 6 saturated heterocycles. The fourth-order valence-corrected chi connectivity index (χ4v) is 11.1. The smallest absolute Gasteiger partial charge is 0.366 e. The maximum atomic E-state index is 13.9. The Bertz CT molecular complexity index is 1590. The molecule has 6 rings (SSSR count). The van der Waals surface area contributed by atoms with Gasteiger partial charge in [-0.05, 0) is 46.0 Å². The van der Waals surface area contributed by atoms with Crippen LogP contribution in [0.15, 0.2) is 0 Å². The highest BCUT2D eigenvalue weighted by Crippen LogP contribution is 2.46. The molecule has 0 radical (unpaired) electrons. The highest BCUT2D eigenvalue weighted by atomic mass is 16.6. The van der Waals surface area contributed by atoms with Gasteiger partial charge in [-0.25, -0.2) is 14.4 Å². The van der Waals surface area contributed by atoms with Crippen molar-refractivity contribution in [2.75, 3.05) is 132 Å². The summed E-state index contributed by atoms with van der Waals surface area (Å²) in [7, 11) is 2.06. The Labute approximate surface area is 363 Å². The van der Waals surface area contributed by atoms with Gasteiger partial charge < -0.3 is 48.0 Å². The van der Waals surface area contributed by atoms with Crippen LogP contribution in [0.3, 0.4) is 0 Å². The van der Waals surface area contributed by atoms with E-state index in [1.807, 2.05) is 6.92 Å². The van der Waals surface area contributed by atoms with E-state index >= 15 is 0 Å². The van der Waals surface area contributed by atoms with Crippen LogP contribution in [0.5, 0.6) is 0 Å². The van der Waals surface area contributed by atoms with Crippen molar-refractivity contribution in [2.45, 2.75) is 122 Å². The summed E-state index contributed by atoms with van der Waals surface area (Å²) in [5.74, 6) is -0.712. The lowest BCUT2D eigenvalue weighted by Crippen LogP contribution is -2.83. The van der Waals surface area contributed by atoms with E-state index in [0.717, 1.165) is 64.7 Å². The van der Waals surface area contributed by atoms with Gasteiger partial charge in [0.2, 0.25) is 18.1 Å². The van der Waals surface area contributed by atoms with Crippen molar-refractivity contribution in [1.82, 2.24) is 10.6 Å². The number of ether oxygens (including phenoxy) is 6. The van der Waals surface area contributed by atoms with Crippen molar-refractivity contribution < 1.29 is 70.3 Å². The second-order valence-corrected chi connectivity index (χ2v) is 19.8. The van der Waals surface area contributed by atoms with Gasteiger partial charge in [-0.1, -0.05) is 20.8 Å². The van der Waals surface area contributed by atoms with Gasteiger partial charge >= 0.3 is 17.9 Å². The zero-order valence-corrected chi connectivity index (χ0v) is 38.2. The Morgan fingerprint density at radius 2 is 1.41 bits per heavy atom. The highest BCUT2D eigenvalue weighted by molar-refractivity contribution is 5.77. The lowest BCUT2D eigenvalue weighted by atomic mass is 9.91. The first-order valence-corrected chi connectivity index (χ1v) is 23.4. The largest absolute Gasteiger partial charge is 0.456 e. The first-order chi connectivity index (χ1) is 29.0. The Hall–Kier alpha value is -2.93. The van der Waals surface area contributed by atoms with E-state index in [-0.39, 0.29) is 79.2 Å². The topological polar surface area (TPSA) is 165 Å². The number of likely N-dealkylation sites (N-methyl/N-ethyl adjacent to an activating group) is 1. The van der Waals surface area contributed by atoms with Crippen LogP contribution in [0.1, 0.15) is 86.0 Å². The van der Waals surface area contributed by atoms with E-state index in [1.165, 1.54) is 0 Å². The number of hydrogen-bond acceptors (Lipinski definition) is 11. The van der Waals surface area contributed by atoms with Crippen LogP contribution in [-0.2, 0) is 52.4 Å². The van der Waals surface area contributed by atoms with E-state index < -0.39 is 12.3 Å². The van der Waals surface area contributed by atoms with E-state index in [0.29, 0.717) is 103 Å². The van der Waals surface area contributed by atoms with E-state index in [2.05, 4.69) is 45.4 Å². The molecule has 2 N–H and O–H groups in total. The van der Waals surface area contributed by atoms with E-state index in [4.69, 9.17) is 28.4 Å². The summed E-state index contributed by atoms with van der Waals surface area (Å²) < 4.78 is 38.6. The third-order valence-corrected chi connectivity index (χ3v) is 15.6. The molecule has 6 heterocycles. The number of morpholine rings is 2. The summed E-state index contributed by atoms with van der Waals surface area (Å²) in [5.41, 5.74) is -0.695. The molecule has 0 aromatic heterocycles. The molecule has 0 spiro atoms. The van der Waals surface area contributed by atoms with Crippen molar-refractivity contribution in [3.05, 3.63) is 0 Å². The monoisotopic (exact) mass is 867 g/mol. The maximum absolute atomic E-state index is 13.9. The molecule has 6 fully saturated rings. The summed E-state index contributed by atoms with van der Waals surface area (Å²) in [6.07, 6.45) is 5.26. The molecule has 0 aromatic carbocycles. The number of carbonyl (C=O) groups excluding carboxylic acids is 5. The first kappa shape index (κ1) is 47.5. The molecule has 346 valence electrons. The van der Waals surface area contributed by atoms with Crippen LogP contribution in [0.2, 0.25) is 0 Å². The minimum atomic E-state index is -0.520. The summed E-state index contributed by atoms with van der Waals surface area (Å²) >= 11 is 0. The molecular weight excluding hydrogens is 789 g/mol. The number of esters is 3. The number of quaternary nitrogens is 4. The Balaban J connectivity index is 0.994. The van der Waals surface area contributed by atoms with Crippen LogP contribution in [0.4, 0.5) is 0 Å². The summed E-state index contributed by atoms with van der Waals surface area (Å²) in [5, 5.41) is 6.03. The molecule has 7 unspecified atom stereocenters. The average Bonchev–Trinajstić information content (AvgIpc) is 3.54. The van der Waals surface area contributed by atoms with Crippen LogP contribution in [-0.4, -0.2) is 215 Å². The van der Waals surface area contributed by atoms with Gasteiger partial charge in [0.05, 0.1) is 44.6 Å². The van der Waals surface area contributed by atoms with E-state index in [9.17, 15) is 24.0 Å². The summed E-state index contributed by atoms with van der Waals surface area (Å²) in [6.45, 7) is 20.2. The van der Waals surface area contributed by atoms with Crippen molar-refractivity contribution in [2.24, 2.45) is 0 Å². The molecule has 17 nitrogen and oxygen atoms in total. The molecule has 6 aliphatic rings. The fraction of sp³-hybridized carbons (Fsp3) is 0.886. The minimum absolute atomic E-state index is 0.0472. The molecule has 61 heavy (non-hydrogen) atoms. The molecule has 0 aliphatic carbocycles. The predicted octanol–water partition coefficient (Wildman–Crippen LogP) is 1.01. The van der Waals surface area contributed by atoms with Gasteiger partial charge in [0.25, 0.3) is 12.1 Å². The molecule has 0 saturated carbocycles. The molecule has 2 amide bonds. The van der Waals surface area contributed by atoms with E-state index in [1.54, 1.807) is 0 Å². The number of piperazine rings is 1. The predicted molar refractivity (Wildman–Crippen MR) is 223 cm³/mol. The molecular formula is C44H78N6O11+4. The van der Waals surface area contributed by atoms with Gasteiger partial charge in [-0.3, -0.25) is 18.6 Å². The standard InChI is InChI=1S/C44H76N6O11/c1-7-11-35(51)45-16-28-59-44(5,9-3)14-26-58-43(4,8-2)13-25-56-27-15-46-36(52)30-48-17-10-12-34(48)41-40-42-50(33-38(54)60-41,19-18-47(6)24-29-57-37(53)31-47)23-22-49(40,21-20-48)32-39(55)61-42/h34,40-42H,7-33H2,1-6H3/q+2/p+2/t34-,40?,41-,42-,43?,44?,47?,48?,49?,50?/m0/s1. The van der Waals surface area contributed by atoms with Crippen LogP contribution in [0, 0.1) is 0 Å². The minimum Gasteiger partial charge on any atom is -0.456 e. The average molecular weight is 867 g/mol. The third-order valence-electron chi connectivity index (χ3n) is 15.6. The van der Waals surface area contributed by atoms with Crippen LogP contribution >= 0.6 is 0 Å². The number of carbonyl (C=O) groups is 5. The lowest BCUT2D eigenvalue weighted by Gasteiger charge is -2.57. The van der Waals surface area contributed by atoms with Gasteiger partial charge in [0, 0.05) is 39.0 Å². The second kappa shape index (κ2) is 19.9. The van der Waals surface area contributed by atoms with Gasteiger partial charge in [-0.2, -0.15) is 0 Å². The Morgan fingerprint density at radius 3 is 2.13 bits per heavy atom. The van der Waals surface area contributed by atoms with Gasteiger partial charge in [0.15, 0.2) is 26.2 Å². The van der Waals surface area contributed by atoms with Crippen molar-refractivity contribution in [1.29, 1.82) is 0 Å². The first-order valence-electron chi connectivity index (χ1n) is 23.4. The molecule has 4 bridgehead atoms. The fourth-order valence-electron chi connectivity index (χ4n) is 11.1. The number of nitrogens with one attached hydrogen (secondary N) is 2. The number of rotatable bonds is 23. The SMILES string of the molecule is CCCC(=O)NCCOC(C)(CC)CCOC(C)(CC)CCOCCNC(=O)C[N+]12CCC[C@H]1[C@@H]1OC(=O)C[N+]3(CC[N+]4(C)CCOC(=O)C4)CC[N+]4(CC2)CC(=O)O[C@H]3C14. The normalized spacial score (nSPS) is 35.0. The highest BCUT2D eigenvalue weighted by Gasteiger charge is 2.73. The number of amides is 2. The maximum Gasteiger partial charge on any atom is 0.366 e. The molecule has 17 heteroatoms. The van der Waals surface area contributed by atoms with Crippen molar-refractivity contribution >= 4 is 29.7 Å². The lowest BCUT2D eigenvalue weighted by molar-refractivity contribution is -1.08. The number of cyclic esters (lactones) is 1. The summed E-state index contributed by atoms with van der Waals surface area (Å²) in [4.78, 5) is 65.2. The molecule has 10 atom stereocenters. The van der Waals surface area contributed by atoms with Crippen LogP contribution < -0.4 is 10.6 Å². The Kier molecular flexibility index (Phi) is 15.5. The number of fused-ring (bicyclic) bond motifs is 2. The second-order valence-electron chi connectivity index (χ2n) is 19.8. The molecule has 6 aliphatic heterocycles. The van der Waals surface area contributed by atoms with Gasteiger partial charge in [-0.15, -0.1) is 0 Å². The third kappa shape index (κ3) is 11.1. The number of hydrogen-bond donors (Lipinski definition) is 2. The van der Waals surface area contributed by atoms with Crippen molar-refractivity contribution in [3.63, 3.8) is 0 Å². The van der Waals surface area contributed by atoms with Crippen LogP contribution in [0.25, 0.3) is 0 Å².